The minimum Gasteiger partial charge on any atom is -0.462 e. The zero-order valence-corrected chi connectivity index (χ0v) is 52.5. The largest absolute Gasteiger partial charge is 0.462 e. The average Bonchev–Trinajstić information content (AvgIpc) is 3.47. The zero-order chi connectivity index (χ0) is 58.5. The Morgan fingerprint density at radius 1 is 0.259 bits per heavy atom. The fourth-order valence-electron chi connectivity index (χ4n) is 8.89. The van der Waals surface area contributed by atoms with Crippen LogP contribution in [0.4, 0.5) is 0 Å². The number of hydrogen-bond donors (Lipinski definition) is 0. The lowest BCUT2D eigenvalue weighted by atomic mass is 10.1. The first kappa shape index (κ1) is 76.3. The third-order valence-corrected chi connectivity index (χ3v) is 13.8. The molecule has 0 aliphatic carbocycles. The van der Waals surface area contributed by atoms with E-state index in [1.54, 1.807) is 0 Å². The molecule has 0 amide bonds. The van der Waals surface area contributed by atoms with E-state index in [9.17, 15) is 14.4 Å². The van der Waals surface area contributed by atoms with Crippen molar-refractivity contribution >= 4 is 17.9 Å². The Kier molecular flexibility index (Phi) is 63.9. The molecule has 0 aromatic rings. The van der Waals surface area contributed by atoms with Gasteiger partial charge in [-0.25, -0.2) is 0 Å². The summed E-state index contributed by atoms with van der Waals surface area (Å²) in [6.07, 6.45) is 97.1. The van der Waals surface area contributed by atoms with Crippen LogP contribution < -0.4 is 0 Å². The predicted molar refractivity (Wildman–Crippen MR) is 352 cm³/mol. The smallest absolute Gasteiger partial charge is 0.306 e. The van der Waals surface area contributed by atoms with Crippen molar-refractivity contribution in [2.75, 3.05) is 13.2 Å². The first-order valence-electron chi connectivity index (χ1n) is 33.3. The number of hydrogen-bond acceptors (Lipinski definition) is 6. The maximum absolute atomic E-state index is 12.9. The number of unbranched alkanes of at least 4 members (excludes halogenated alkanes) is 24. The minimum atomic E-state index is -0.817. The highest BCUT2D eigenvalue weighted by atomic mass is 16.6. The first-order chi connectivity index (χ1) is 40.0. The van der Waals surface area contributed by atoms with Crippen LogP contribution in [-0.4, -0.2) is 37.2 Å². The van der Waals surface area contributed by atoms with Crippen LogP contribution in [0.5, 0.6) is 0 Å². The zero-order valence-electron chi connectivity index (χ0n) is 52.5. The monoisotopic (exact) mass is 1120 g/mol. The summed E-state index contributed by atoms with van der Waals surface area (Å²) >= 11 is 0. The Morgan fingerprint density at radius 3 is 0.815 bits per heavy atom. The lowest BCUT2D eigenvalue weighted by Crippen LogP contribution is -2.30. The fourth-order valence-corrected chi connectivity index (χ4v) is 8.89. The van der Waals surface area contributed by atoms with Crippen LogP contribution in [0.3, 0.4) is 0 Å². The minimum absolute atomic E-state index is 0.109. The van der Waals surface area contributed by atoms with Gasteiger partial charge in [-0.2, -0.15) is 0 Å². The molecule has 0 heterocycles. The predicted octanol–water partition coefficient (Wildman–Crippen LogP) is 23.1. The van der Waals surface area contributed by atoms with Crippen molar-refractivity contribution in [2.24, 2.45) is 0 Å². The topological polar surface area (TPSA) is 78.9 Å². The molecule has 0 aliphatic rings. The van der Waals surface area contributed by atoms with E-state index >= 15 is 0 Å². The standard InChI is InChI=1S/C75H122O6/c1-4-7-10-13-16-19-22-25-28-31-34-36-37-39-41-44-47-50-53-56-59-62-65-68-74(77)80-71-72(70-79-73(76)67-64-61-58-55-52-49-46-43-40-33-30-27-24-21-18-15-12-9-6-3)81-75(78)69-66-63-60-57-54-51-48-45-42-38-35-32-29-26-23-20-17-14-11-8-5-2/h7,9-10,12,16,18-19,21,25,27-28,30,32,34-36,39-41,43,47,50,56,59,72H,4-6,8,11,13-15,17,20,22-24,26,29,31,33,37-38,42,44-46,48-49,51-55,57-58,60-71H2,1-3H3/b10-7-,12-9-,19-16-,21-18-,28-25-,30-27-,35-32-,36-34-,41-39-,43-40-,50-47-,59-56-. The molecule has 81 heavy (non-hydrogen) atoms. The van der Waals surface area contributed by atoms with Crippen molar-refractivity contribution in [1.29, 1.82) is 0 Å². The molecule has 0 N–H and O–H groups in total. The van der Waals surface area contributed by atoms with Gasteiger partial charge in [0.15, 0.2) is 6.10 Å². The second-order valence-corrected chi connectivity index (χ2v) is 21.6. The molecule has 1 unspecified atom stereocenters. The summed E-state index contributed by atoms with van der Waals surface area (Å²) in [7, 11) is 0. The summed E-state index contributed by atoms with van der Waals surface area (Å²) in [4.78, 5) is 38.4. The maximum Gasteiger partial charge on any atom is 0.306 e. The summed E-state index contributed by atoms with van der Waals surface area (Å²) in [6.45, 7) is 6.37. The molecule has 0 aliphatic heterocycles. The number of carbonyl (C=O) groups is 3. The molecule has 6 heteroatoms. The first-order valence-corrected chi connectivity index (χ1v) is 33.3. The highest BCUT2D eigenvalue weighted by Crippen LogP contribution is 2.15. The van der Waals surface area contributed by atoms with E-state index in [2.05, 4.69) is 167 Å². The lowest BCUT2D eigenvalue weighted by molar-refractivity contribution is -0.167. The third kappa shape index (κ3) is 66.0. The second-order valence-electron chi connectivity index (χ2n) is 21.6. The van der Waals surface area contributed by atoms with E-state index in [0.29, 0.717) is 19.3 Å². The van der Waals surface area contributed by atoms with Gasteiger partial charge in [-0.1, -0.05) is 282 Å². The normalized spacial score (nSPS) is 13.1. The number of ether oxygens (including phenoxy) is 3. The van der Waals surface area contributed by atoms with Crippen molar-refractivity contribution in [1.82, 2.24) is 0 Å². The molecule has 0 saturated carbocycles. The SMILES string of the molecule is CC/C=C\C/C=C\C/C=C\C/C=C\C/C=C\C/C=C\C/C=C\CCCC(=O)OCC(COC(=O)CCCCCCCC/C=C\C/C=C\C/C=C\C/C=C\CC)OC(=O)CCCCCCCCCCC/C=C\CCCCCCCCCC. The van der Waals surface area contributed by atoms with Crippen molar-refractivity contribution in [3.05, 3.63) is 146 Å². The molecule has 0 aromatic carbocycles. The van der Waals surface area contributed by atoms with Crippen LogP contribution in [-0.2, 0) is 28.6 Å². The Labute approximate surface area is 499 Å². The summed E-state index contributed by atoms with van der Waals surface area (Å²) in [5.41, 5.74) is 0. The second kappa shape index (κ2) is 67.8. The van der Waals surface area contributed by atoms with Crippen LogP contribution in [0, 0.1) is 0 Å². The molecule has 6 nitrogen and oxygen atoms in total. The van der Waals surface area contributed by atoms with Gasteiger partial charge in [-0.05, 0) is 135 Å². The van der Waals surface area contributed by atoms with Crippen molar-refractivity contribution in [3.8, 4) is 0 Å². The van der Waals surface area contributed by atoms with Crippen molar-refractivity contribution in [3.63, 3.8) is 0 Å². The molecule has 0 aromatic heterocycles. The molecule has 0 radical (unpaired) electrons. The summed E-state index contributed by atoms with van der Waals surface area (Å²) in [5.74, 6) is -0.982. The number of rotatable bonds is 59. The number of carbonyl (C=O) groups excluding carboxylic acids is 3. The van der Waals surface area contributed by atoms with Crippen molar-refractivity contribution < 1.29 is 28.6 Å². The Bertz CT molecular complexity index is 1760. The van der Waals surface area contributed by atoms with Crippen molar-refractivity contribution in [2.45, 2.75) is 297 Å². The molecule has 0 spiro atoms. The van der Waals surface area contributed by atoms with Gasteiger partial charge in [0.1, 0.15) is 13.2 Å². The molecular formula is C75H122O6. The number of allylic oxidation sites excluding steroid dienone is 24. The van der Waals surface area contributed by atoms with E-state index in [-0.39, 0.29) is 37.5 Å². The van der Waals surface area contributed by atoms with Gasteiger partial charge < -0.3 is 14.2 Å². The molecule has 0 bridgehead atoms. The summed E-state index contributed by atoms with van der Waals surface area (Å²) < 4.78 is 16.9. The van der Waals surface area contributed by atoms with E-state index in [1.165, 1.54) is 116 Å². The fraction of sp³-hybridized carbons (Fsp3) is 0.640. The lowest BCUT2D eigenvalue weighted by Gasteiger charge is -2.18. The molecule has 458 valence electrons. The highest BCUT2D eigenvalue weighted by molar-refractivity contribution is 5.71. The highest BCUT2D eigenvalue weighted by Gasteiger charge is 2.19. The third-order valence-electron chi connectivity index (χ3n) is 13.8. The van der Waals surface area contributed by atoms with Gasteiger partial charge in [0.25, 0.3) is 0 Å². The van der Waals surface area contributed by atoms with Crippen LogP contribution in [0.15, 0.2) is 146 Å². The quantitative estimate of drug-likeness (QED) is 0.0261. The Hall–Kier alpha value is -4.71. The van der Waals surface area contributed by atoms with E-state index in [4.69, 9.17) is 14.2 Å². The van der Waals surface area contributed by atoms with E-state index in [1.807, 2.05) is 0 Å². The Morgan fingerprint density at radius 2 is 0.494 bits per heavy atom. The van der Waals surface area contributed by atoms with E-state index < -0.39 is 6.10 Å². The van der Waals surface area contributed by atoms with E-state index in [0.717, 1.165) is 128 Å². The van der Waals surface area contributed by atoms with Gasteiger partial charge in [0, 0.05) is 19.3 Å². The van der Waals surface area contributed by atoms with Gasteiger partial charge in [-0.15, -0.1) is 0 Å². The van der Waals surface area contributed by atoms with Crippen LogP contribution in [0.1, 0.15) is 290 Å². The number of esters is 3. The average molecular weight is 1120 g/mol. The van der Waals surface area contributed by atoms with Gasteiger partial charge >= 0.3 is 17.9 Å². The van der Waals surface area contributed by atoms with Crippen LogP contribution in [0.2, 0.25) is 0 Å². The Balaban J connectivity index is 4.53. The van der Waals surface area contributed by atoms with Gasteiger partial charge in [0.05, 0.1) is 0 Å². The molecule has 1 atom stereocenters. The summed E-state index contributed by atoms with van der Waals surface area (Å²) in [6, 6.07) is 0. The van der Waals surface area contributed by atoms with Crippen LogP contribution >= 0.6 is 0 Å². The molecule has 0 rings (SSSR count). The molecule has 0 fully saturated rings. The van der Waals surface area contributed by atoms with Crippen LogP contribution in [0.25, 0.3) is 0 Å². The molecule has 0 saturated heterocycles. The van der Waals surface area contributed by atoms with Gasteiger partial charge in [-0.3, -0.25) is 14.4 Å². The molecular weight excluding hydrogens is 997 g/mol. The maximum atomic E-state index is 12.9. The summed E-state index contributed by atoms with van der Waals surface area (Å²) in [5, 5.41) is 0. The van der Waals surface area contributed by atoms with Gasteiger partial charge in [0.2, 0.25) is 0 Å².